The van der Waals surface area contributed by atoms with Crippen molar-refractivity contribution in [2.45, 2.75) is 134 Å². The lowest BCUT2D eigenvalue weighted by Gasteiger charge is -2.43. The number of alkyl halides is 3. The van der Waals surface area contributed by atoms with Crippen LogP contribution >= 0.6 is 0 Å². The number of halogens is 3. The third kappa shape index (κ3) is 10.9. The zero-order chi connectivity index (χ0) is 38.5. The molecule has 0 amide bonds. The molecule has 1 aliphatic heterocycles. The van der Waals surface area contributed by atoms with Crippen LogP contribution in [0, 0.1) is 5.92 Å². The predicted molar refractivity (Wildman–Crippen MR) is 206 cm³/mol. The molecule has 4 atom stereocenters. The Balaban J connectivity index is 1.66. The van der Waals surface area contributed by atoms with Gasteiger partial charge in [0.05, 0.1) is 12.2 Å². The van der Waals surface area contributed by atoms with Gasteiger partial charge < -0.3 is 17.8 Å². The van der Waals surface area contributed by atoms with Crippen LogP contribution in [0.3, 0.4) is 0 Å². The standard InChI is InChI=1S/C39H59F3O6SSi2/c1-29(31(3)47-49(43,44)39(40,41)42)27-33(48-50(10,11)37(4,5)6)24-25-36-30(2)28-32(46-36)19-18-26-45-51(38(7,8)9,34-20-14-12-15-21-34)35-22-16-13-17-23-35/h12-17,20-23,29,32-33,36H,2-3,18-19,24-28H2,1,4-11H3/t29-,32+,33+,36?/m1/s1. The first-order chi connectivity index (χ1) is 23.4. The number of hydrogen-bond donors (Lipinski definition) is 0. The number of ether oxygens (including phenoxy) is 1. The van der Waals surface area contributed by atoms with Gasteiger partial charge in [0.15, 0.2) is 8.32 Å². The summed E-state index contributed by atoms with van der Waals surface area (Å²) in [7, 11) is -10.7. The van der Waals surface area contributed by atoms with E-state index in [1.54, 1.807) is 6.92 Å². The lowest BCUT2D eigenvalue weighted by atomic mass is 9.96. The Kier molecular flexibility index (Phi) is 14.3. The van der Waals surface area contributed by atoms with Crippen molar-refractivity contribution in [3.8, 4) is 0 Å². The Bertz CT molecular complexity index is 1510. The van der Waals surface area contributed by atoms with Gasteiger partial charge in [0.25, 0.3) is 8.32 Å². The van der Waals surface area contributed by atoms with E-state index in [0.717, 1.165) is 24.8 Å². The first-order valence-corrected chi connectivity index (χ1v) is 24.1. The molecule has 1 saturated heterocycles. The summed E-state index contributed by atoms with van der Waals surface area (Å²) >= 11 is 0. The number of rotatable bonds is 17. The van der Waals surface area contributed by atoms with Crippen molar-refractivity contribution in [2.24, 2.45) is 5.92 Å². The second-order valence-electron chi connectivity index (χ2n) is 16.4. The Hall–Kier alpha value is -2.23. The number of benzene rings is 2. The van der Waals surface area contributed by atoms with E-state index in [9.17, 15) is 21.6 Å². The van der Waals surface area contributed by atoms with E-state index >= 15 is 0 Å². The largest absolute Gasteiger partial charge is 0.534 e. The minimum atomic E-state index is -5.80. The molecule has 286 valence electrons. The van der Waals surface area contributed by atoms with Gasteiger partial charge in [0, 0.05) is 18.6 Å². The molecule has 1 unspecified atom stereocenters. The first-order valence-electron chi connectivity index (χ1n) is 17.9. The molecule has 2 aromatic carbocycles. The van der Waals surface area contributed by atoms with E-state index in [1.807, 2.05) is 12.1 Å². The van der Waals surface area contributed by atoms with Gasteiger partial charge in [-0.05, 0) is 77.6 Å². The average molecular weight is 769 g/mol. The van der Waals surface area contributed by atoms with Crippen molar-refractivity contribution in [2.75, 3.05) is 6.61 Å². The van der Waals surface area contributed by atoms with Crippen LogP contribution in [0.25, 0.3) is 0 Å². The highest BCUT2D eigenvalue weighted by molar-refractivity contribution is 7.87. The number of hydrogen-bond acceptors (Lipinski definition) is 6. The van der Waals surface area contributed by atoms with Gasteiger partial charge in [-0.25, -0.2) is 0 Å². The van der Waals surface area contributed by atoms with Gasteiger partial charge in [-0.2, -0.15) is 21.6 Å². The summed E-state index contributed by atoms with van der Waals surface area (Å²) in [6, 6.07) is 21.2. The molecule has 0 bridgehead atoms. The Morgan fingerprint density at radius 3 is 1.92 bits per heavy atom. The molecule has 0 spiro atoms. The molecule has 0 aromatic heterocycles. The molecule has 0 radical (unpaired) electrons. The fraction of sp³-hybridized carbons (Fsp3) is 0.590. The minimum absolute atomic E-state index is 0.00434. The van der Waals surface area contributed by atoms with Crippen LogP contribution < -0.4 is 10.4 Å². The third-order valence-electron chi connectivity index (χ3n) is 10.4. The Morgan fingerprint density at radius 1 is 0.922 bits per heavy atom. The van der Waals surface area contributed by atoms with Crippen LogP contribution in [0.1, 0.15) is 87.0 Å². The van der Waals surface area contributed by atoms with Crippen molar-refractivity contribution in [3.63, 3.8) is 0 Å². The quantitative estimate of drug-likeness (QED) is 0.0399. The second kappa shape index (κ2) is 16.8. The lowest BCUT2D eigenvalue weighted by molar-refractivity contribution is -0.0527. The van der Waals surface area contributed by atoms with Crippen LogP contribution in [-0.2, 0) is 27.9 Å². The summed E-state index contributed by atoms with van der Waals surface area (Å²) in [6.07, 6.45) is 3.27. The van der Waals surface area contributed by atoms with Crippen molar-refractivity contribution in [3.05, 3.63) is 85.2 Å². The van der Waals surface area contributed by atoms with E-state index in [0.29, 0.717) is 19.4 Å². The molecule has 3 rings (SSSR count). The monoisotopic (exact) mass is 768 g/mol. The average Bonchev–Trinajstić information content (AvgIpc) is 3.37. The summed E-state index contributed by atoms with van der Waals surface area (Å²) < 4.78 is 86.9. The highest BCUT2D eigenvalue weighted by Gasteiger charge is 2.51. The van der Waals surface area contributed by atoms with Crippen LogP contribution in [-0.4, -0.2) is 55.5 Å². The summed E-state index contributed by atoms with van der Waals surface area (Å²) in [4.78, 5) is 0. The molecular formula is C39H59F3O6SSi2. The maximum absolute atomic E-state index is 13.0. The fourth-order valence-corrected chi connectivity index (χ4v) is 13.0. The Morgan fingerprint density at radius 2 is 1.45 bits per heavy atom. The van der Waals surface area contributed by atoms with Gasteiger partial charge >= 0.3 is 15.6 Å². The zero-order valence-electron chi connectivity index (χ0n) is 31.9. The summed E-state index contributed by atoms with van der Waals surface area (Å²) in [5.74, 6) is -1.16. The van der Waals surface area contributed by atoms with Crippen molar-refractivity contribution in [1.82, 2.24) is 0 Å². The maximum Gasteiger partial charge on any atom is 0.534 e. The number of allylic oxidation sites excluding steroid dienone is 1. The smallest absolute Gasteiger partial charge is 0.414 e. The molecule has 6 nitrogen and oxygen atoms in total. The molecule has 2 aromatic rings. The second-order valence-corrected chi connectivity index (χ2v) is 27.0. The van der Waals surface area contributed by atoms with Gasteiger partial charge in [0.1, 0.15) is 5.76 Å². The van der Waals surface area contributed by atoms with E-state index in [4.69, 9.17) is 13.6 Å². The topological polar surface area (TPSA) is 71.1 Å². The Labute approximate surface area is 307 Å². The van der Waals surface area contributed by atoms with E-state index in [2.05, 4.69) is 121 Å². The molecule has 12 heteroatoms. The van der Waals surface area contributed by atoms with Gasteiger partial charge in [-0.1, -0.05) is 122 Å². The maximum atomic E-state index is 13.0. The predicted octanol–water partition coefficient (Wildman–Crippen LogP) is 9.63. The first kappa shape index (κ1) is 43.2. The summed E-state index contributed by atoms with van der Waals surface area (Å²) in [5, 5.41) is 2.27. The highest BCUT2D eigenvalue weighted by atomic mass is 32.2. The van der Waals surface area contributed by atoms with Crippen LogP contribution in [0.15, 0.2) is 85.2 Å². The van der Waals surface area contributed by atoms with E-state index in [-0.39, 0.29) is 34.8 Å². The highest BCUT2D eigenvalue weighted by Crippen LogP contribution is 2.41. The van der Waals surface area contributed by atoms with E-state index in [1.165, 1.54) is 10.4 Å². The molecule has 0 saturated carbocycles. The van der Waals surface area contributed by atoms with Crippen LogP contribution in [0.5, 0.6) is 0 Å². The minimum Gasteiger partial charge on any atom is -0.414 e. The SMILES string of the molecule is C=C1C[C@H](CCCO[Si](c2ccccc2)(c2ccccc2)C(C)(C)C)OC1CC[C@@H](C[C@@H](C)C(=C)OS(=O)(=O)C(F)(F)F)O[Si](C)(C)C(C)(C)C. The molecule has 51 heavy (non-hydrogen) atoms. The summed E-state index contributed by atoms with van der Waals surface area (Å²) in [6.45, 7) is 27.4. The van der Waals surface area contributed by atoms with E-state index < -0.39 is 43.9 Å². The lowest BCUT2D eigenvalue weighted by Crippen LogP contribution is -2.66. The molecule has 0 N–H and O–H groups in total. The molecule has 1 aliphatic rings. The van der Waals surface area contributed by atoms with Crippen molar-refractivity contribution >= 4 is 37.1 Å². The molecule has 0 aliphatic carbocycles. The normalized spacial score (nSPS) is 19.2. The van der Waals surface area contributed by atoms with Crippen LogP contribution in [0.2, 0.25) is 23.2 Å². The van der Waals surface area contributed by atoms with Crippen molar-refractivity contribution in [1.29, 1.82) is 0 Å². The van der Waals surface area contributed by atoms with Crippen molar-refractivity contribution < 1.29 is 39.4 Å². The van der Waals surface area contributed by atoms with Gasteiger partial charge in [-0.3, -0.25) is 0 Å². The fourth-order valence-electron chi connectivity index (χ4n) is 6.49. The van der Waals surface area contributed by atoms with Gasteiger partial charge in [0.2, 0.25) is 0 Å². The summed E-state index contributed by atoms with van der Waals surface area (Å²) in [5.41, 5.74) is -4.52. The molecule has 1 heterocycles. The molecule has 1 fully saturated rings. The van der Waals surface area contributed by atoms with Crippen LogP contribution in [0.4, 0.5) is 13.2 Å². The third-order valence-corrected chi connectivity index (χ3v) is 21.0. The van der Waals surface area contributed by atoms with Gasteiger partial charge in [-0.15, -0.1) is 0 Å². The zero-order valence-corrected chi connectivity index (χ0v) is 34.8. The molecular weight excluding hydrogens is 710 g/mol.